The second-order valence-corrected chi connectivity index (χ2v) is 6.66. The number of carbonyl (C=O) groups excluding carboxylic acids is 2. The number of rotatable bonds is 7. The van der Waals surface area contributed by atoms with Crippen molar-refractivity contribution in [1.82, 2.24) is 25.0 Å². The second kappa shape index (κ2) is 9.16. The third-order valence-corrected chi connectivity index (χ3v) is 4.86. The Morgan fingerprint density at radius 1 is 1.30 bits per heavy atom. The van der Waals surface area contributed by atoms with E-state index in [1.165, 1.54) is 0 Å². The number of pyridine rings is 1. The Morgan fingerprint density at radius 2 is 2.19 bits per heavy atom. The molecule has 2 N–H and O–H groups in total. The first-order valence-corrected chi connectivity index (χ1v) is 9.36. The van der Waals surface area contributed by atoms with E-state index in [2.05, 4.69) is 20.7 Å². The van der Waals surface area contributed by atoms with Crippen molar-refractivity contribution in [3.05, 3.63) is 42.4 Å². The van der Waals surface area contributed by atoms with Crippen LogP contribution >= 0.6 is 0 Å². The molecule has 1 atom stereocenters. The molecule has 2 aromatic rings. The molecule has 0 spiro atoms. The zero-order valence-corrected chi connectivity index (χ0v) is 15.6. The van der Waals surface area contributed by atoms with E-state index >= 15 is 0 Å². The number of piperidine rings is 1. The molecular weight excluding hydrogens is 344 g/mol. The molecule has 3 heterocycles. The minimum absolute atomic E-state index is 0.0190. The van der Waals surface area contributed by atoms with E-state index in [0.29, 0.717) is 11.4 Å². The van der Waals surface area contributed by atoms with Crippen LogP contribution in [0.15, 0.2) is 36.8 Å². The Kier molecular flexibility index (Phi) is 6.40. The van der Waals surface area contributed by atoms with E-state index in [9.17, 15) is 9.59 Å². The fourth-order valence-corrected chi connectivity index (χ4v) is 3.33. The molecule has 2 amide bonds. The summed E-state index contributed by atoms with van der Waals surface area (Å²) in [6.45, 7) is 1.74. The third kappa shape index (κ3) is 5.06. The van der Waals surface area contributed by atoms with Crippen molar-refractivity contribution in [1.29, 1.82) is 0 Å². The molecule has 0 aliphatic carbocycles. The van der Waals surface area contributed by atoms with Gasteiger partial charge < -0.3 is 15.5 Å². The molecule has 0 bridgehead atoms. The van der Waals surface area contributed by atoms with Crippen LogP contribution in [-0.2, 0) is 11.3 Å². The zero-order valence-electron chi connectivity index (χ0n) is 15.6. The highest BCUT2D eigenvalue weighted by molar-refractivity contribution is 5.94. The smallest absolute Gasteiger partial charge is 0.255 e. The number of nitrogens with zero attached hydrogens (tertiary/aromatic N) is 4. The molecule has 1 saturated heterocycles. The maximum Gasteiger partial charge on any atom is 0.255 e. The van der Waals surface area contributed by atoms with Crippen LogP contribution in [0.4, 0.5) is 5.82 Å². The van der Waals surface area contributed by atoms with Crippen molar-refractivity contribution in [2.24, 2.45) is 0 Å². The summed E-state index contributed by atoms with van der Waals surface area (Å²) in [6.07, 6.45) is 9.39. The fraction of sp³-hybridized carbons (Fsp3) is 0.474. The zero-order chi connectivity index (χ0) is 19.1. The standard InChI is InChI=1S/C19H26N6O2/c1-20-18(26)14-22-17-7-6-15(13-21-17)19(27)25-11-3-2-5-16(25)8-12-24-10-4-9-23-24/h4,6-7,9-10,13,16H,2-3,5,8,11-12,14H2,1H3,(H,20,26)(H,21,22). The molecule has 0 saturated carbocycles. The van der Waals surface area contributed by atoms with Crippen molar-refractivity contribution < 1.29 is 9.59 Å². The molecule has 1 unspecified atom stereocenters. The molecular formula is C19H26N6O2. The molecule has 0 radical (unpaired) electrons. The van der Waals surface area contributed by atoms with Crippen LogP contribution in [0.25, 0.3) is 0 Å². The van der Waals surface area contributed by atoms with Gasteiger partial charge in [0.25, 0.3) is 5.91 Å². The van der Waals surface area contributed by atoms with Gasteiger partial charge in [-0.25, -0.2) is 4.98 Å². The van der Waals surface area contributed by atoms with Gasteiger partial charge in [-0.1, -0.05) is 0 Å². The lowest BCUT2D eigenvalue weighted by Gasteiger charge is -2.36. The van der Waals surface area contributed by atoms with E-state index < -0.39 is 0 Å². The van der Waals surface area contributed by atoms with Gasteiger partial charge in [0.15, 0.2) is 0 Å². The number of hydrogen-bond acceptors (Lipinski definition) is 5. The highest BCUT2D eigenvalue weighted by Crippen LogP contribution is 2.22. The Labute approximate surface area is 159 Å². The van der Waals surface area contributed by atoms with E-state index in [4.69, 9.17) is 0 Å². The lowest BCUT2D eigenvalue weighted by molar-refractivity contribution is -0.118. The summed E-state index contributed by atoms with van der Waals surface area (Å²) < 4.78 is 1.91. The number of likely N-dealkylation sites (tertiary alicyclic amines) is 1. The van der Waals surface area contributed by atoms with Crippen LogP contribution in [0.3, 0.4) is 0 Å². The highest BCUT2D eigenvalue weighted by Gasteiger charge is 2.27. The minimum Gasteiger partial charge on any atom is -0.361 e. The van der Waals surface area contributed by atoms with Crippen molar-refractivity contribution >= 4 is 17.6 Å². The lowest BCUT2D eigenvalue weighted by Crippen LogP contribution is -2.44. The van der Waals surface area contributed by atoms with Gasteiger partial charge in [0.05, 0.1) is 12.1 Å². The molecule has 3 rings (SSSR count). The van der Waals surface area contributed by atoms with Crippen molar-refractivity contribution in [2.75, 3.05) is 25.5 Å². The van der Waals surface area contributed by atoms with Crippen LogP contribution in [-0.4, -0.2) is 57.7 Å². The Bertz CT molecular complexity index is 744. The summed E-state index contributed by atoms with van der Waals surface area (Å²) >= 11 is 0. The molecule has 2 aromatic heterocycles. The van der Waals surface area contributed by atoms with Gasteiger partial charge in [-0.15, -0.1) is 0 Å². The van der Waals surface area contributed by atoms with E-state index in [1.54, 1.807) is 31.6 Å². The summed E-state index contributed by atoms with van der Waals surface area (Å²) in [6, 6.07) is 5.64. The average molecular weight is 370 g/mol. The SMILES string of the molecule is CNC(=O)CNc1ccc(C(=O)N2CCCCC2CCn2cccn2)cn1. The van der Waals surface area contributed by atoms with Gasteiger partial charge in [-0.05, 0) is 43.9 Å². The number of aromatic nitrogens is 3. The van der Waals surface area contributed by atoms with Gasteiger partial charge in [0.1, 0.15) is 5.82 Å². The maximum atomic E-state index is 13.0. The van der Waals surface area contributed by atoms with Crippen molar-refractivity contribution in [2.45, 2.75) is 38.3 Å². The first-order valence-electron chi connectivity index (χ1n) is 9.36. The number of hydrogen-bond donors (Lipinski definition) is 2. The minimum atomic E-state index is -0.120. The first-order chi connectivity index (χ1) is 13.2. The predicted octanol–water partition coefficient (Wildman–Crippen LogP) is 1.52. The Morgan fingerprint density at radius 3 is 2.89 bits per heavy atom. The topological polar surface area (TPSA) is 92.2 Å². The lowest BCUT2D eigenvalue weighted by atomic mass is 9.98. The van der Waals surface area contributed by atoms with Gasteiger partial charge in [0.2, 0.25) is 5.91 Å². The Hall–Kier alpha value is -2.90. The molecule has 8 nitrogen and oxygen atoms in total. The molecule has 8 heteroatoms. The molecule has 27 heavy (non-hydrogen) atoms. The van der Waals surface area contributed by atoms with Gasteiger partial charge in [-0.2, -0.15) is 5.10 Å². The number of aryl methyl sites for hydroxylation is 1. The summed E-state index contributed by atoms with van der Waals surface area (Å²) in [5.41, 5.74) is 0.575. The number of nitrogens with one attached hydrogen (secondary N) is 2. The van der Waals surface area contributed by atoms with E-state index in [1.807, 2.05) is 21.8 Å². The van der Waals surface area contributed by atoms with Gasteiger partial charge >= 0.3 is 0 Å². The van der Waals surface area contributed by atoms with E-state index in [-0.39, 0.29) is 24.4 Å². The Balaban J connectivity index is 1.60. The largest absolute Gasteiger partial charge is 0.361 e. The third-order valence-electron chi connectivity index (χ3n) is 4.86. The van der Waals surface area contributed by atoms with Gasteiger partial charge in [-0.3, -0.25) is 14.3 Å². The summed E-state index contributed by atoms with van der Waals surface area (Å²) in [5, 5.41) is 9.71. The highest BCUT2D eigenvalue weighted by atomic mass is 16.2. The van der Waals surface area contributed by atoms with Crippen LogP contribution in [0.1, 0.15) is 36.0 Å². The van der Waals surface area contributed by atoms with Gasteiger partial charge in [0, 0.05) is 44.8 Å². The maximum absolute atomic E-state index is 13.0. The quantitative estimate of drug-likeness (QED) is 0.771. The molecule has 0 aromatic carbocycles. The normalized spacial score (nSPS) is 16.8. The van der Waals surface area contributed by atoms with Crippen LogP contribution in [0.5, 0.6) is 0 Å². The molecule has 1 aliphatic rings. The fourth-order valence-electron chi connectivity index (χ4n) is 3.33. The summed E-state index contributed by atoms with van der Waals surface area (Å²) in [5.74, 6) is 0.472. The molecule has 144 valence electrons. The predicted molar refractivity (Wildman–Crippen MR) is 102 cm³/mol. The number of likely N-dealkylation sites (N-methyl/N-ethyl adjacent to an activating group) is 1. The molecule has 1 aliphatic heterocycles. The number of carbonyl (C=O) groups is 2. The van der Waals surface area contributed by atoms with Crippen molar-refractivity contribution in [3.63, 3.8) is 0 Å². The second-order valence-electron chi connectivity index (χ2n) is 6.66. The number of amides is 2. The van der Waals surface area contributed by atoms with E-state index in [0.717, 1.165) is 38.8 Å². The first kappa shape index (κ1) is 18.9. The van der Waals surface area contributed by atoms with Crippen molar-refractivity contribution in [3.8, 4) is 0 Å². The van der Waals surface area contributed by atoms with Crippen LogP contribution in [0, 0.1) is 0 Å². The average Bonchev–Trinajstić information content (AvgIpc) is 3.24. The van der Waals surface area contributed by atoms with Crippen LogP contribution < -0.4 is 10.6 Å². The summed E-state index contributed by atoms with van der Waals surface area (Å²) in [7, 11) is 1.58. The molecule has 1 fully saturated rings. The van der Waals surface area contributed by atoms with Crippen LogP contribution in [0.2, 0.25) is 0 Å². The monoisotopic (exact) mass is 370 g/mol. The number of anilines is 1. The summed E-state index contributed by atoms with van der Waals surface area (Å²) in [4.78, 5) is 30.5.